The molecule has 0 amide bonds. The Morgan fingerprint density at radius 2 is 2.19 bits per heavy atom. The van der Waals surface area contributed by atoms with Crippen molar-refractivity contribution in [2.75, 3.05) is 30.8 Å². The predicted octanol–water partition coefficient (Wildman–Crippen LogP) is 1.48. The molecule has 1 unspecified atom stereocenters. The Bertz CT molecular complexity index is 340. The maximum atomic E-state index is 9.33. The number of rotatable bonds is 5. The summed E-state index contributed by atoms with van der Waals surface area (Å²) in [6, 6.07) is 5.66. The third-order valence-electron chi connectivity index (χ3n) is 2.29. The van der Waals surface area contributed by atoms with Crippen molar-refractivity contribution in [3.05, 3.63) is 18.2 Å². The van der Waals surface area contributed by atoms with Gasteiger partial charge >= 0.3 is 0 Å². The quantitative estimate of drug-likeness (QED) is 0.744. The molecule has 0 aliphatic rings. The van der Waals surface area contributed by atoms with Gasteiger partial charge in [-0.15, -0.1) is 0 Å². The molecule has 4 nitrogen and oxygen atoms in total. The van der Waals surface area contributed by atoms with Gasteiger partial charge in [0.15, 0.2) is 0 Å². The molecule has 16 heavy (non-hydrogen) atoms. The van der Waals surface area contributed by atoms with Gasteiger partial charge in [-0.1, -0.05) is 6.07 Å². The van der Waals surface area contributed by atoms with Crippen molar-refractivity contribution in [2.24, 2.45) is 0 Å². The standard InChI is InChI=1S/C12H20N2O2/c1-4-16-11-7-5-6-10(12(11)13)14(3)8-9(2)15/h5-7,9,15H,4,8,13H2,1-3H3. The average molecular weight is 224 g/mol. The van der Waals surface area contributed by atoms with E-state index in [1.54, 1.807) is 6.92 Å². The summed E-state index contributed by atoms with van der Waals surface area (Å²) in [6.45, 7) is 4.80. The lowest BCUT2D eigenvalue weighted by Gasteiger charge is -2.23. The highest BCUT2D eigenvalue weighted by Gasteiger charge is 2.11. The van der Waals surface area contributed by atoms with Gasteiger partial charge < -0.3 is 20.5 Å². The second-order valence-electron chi connectivity index (χ2n) is 3.85. The number of para-hydroxylation sites is 1. The number of aliphatic hydroxyl groups is 1. The van der Waals surface area contributed by atoms with Crippen molar-refractivity contribution < 1.29 is 9.84 Å². The van der Waals surface area contributed by atoms with E-state index in [0.717, 1.165) is 5.69 Å². The monoisotopic (exact) mass is 224 g/mol. The molecule has 3 N–H and O–H groups in total. The van der Waals surface area contributed by atoms with Gasteiger partial charge in [-0.25, -0.2) is 0 Å². The molecular formula is C12H20N2O2. The van der Waals surface area contributed by atoms with E-state index < -0.39 is 0 Å². The number of hydrogen-bond acceptors (Lipinski definition) is 4. The Kier molecular flexibility index (Phi) is 4.43. The minimum absolute atomic E-state index is 0.389. The van der Waals surface area contributed by atoms with E-state index >= 15 is 0 Å². The highest BCUT2D eigenvalue weighted by Crippen LogP contribution is 2.31. The number of nitrogen functional groups attached to an aromatic ring is 1. The molecule has 1 aromatic carbocycles. The van der Waals surface area contributed by atoms with Crippen LogP contribution >= 0.6 is 0 Å². The molecule has 1 aromatic rings. The van der Waals surface area contributed by atoms with Crippen LogP contribution in [0, 0.1) is 0 Å². The summed E-state index contributed by atoms with van der Waals surface area (Å²) >= 11 is 0. The molecule has 1 rings (SSSR count). The second kappa shape index (κ2) is 5.61. The highest BCUT2D eigenvalue weighted by molar-refractivity contribution is 5.73. The van der Waals surface area contributed by atoms with Crippen molar-refractivity contribution >= 4 is 11.4 Å². The van der Waals surface area contributed by atoms with Crippen LogP contribution in [-0.4, -0.2) is 31.4 Å². The predicted molar refractivity (Wildman–Crippen MR) is 67.0 cm³/mol. The summed E-state index contributed by atoms with van der Waals surface area (Å²) in [4.78, 5) is 1.92. The zero-order valence-electron chi connectivity index (χ0n) is 10.1. The molecule has 0 saturated carbocycles. The number of aliphatic hydroxyl groups excluding tert-OH is 1. The van der Waals surface area contributed by atoms with Gasteiger partial charge in [-0.05, 0) is 26.0 Å². The van der Waals surface area contributed by atoms with Crippen molar-refractivity contribution in [1.82, 2.24) is 0 Å². The van der Waals surface area contributed by atoms with E-state index in [4.69, 9.17) is 10.5 Å². The van der Waals surface area contributed by atoms with Gasteiger partial charge in [0, 0.05) is 13.6 Å². The molecule has 0 heterocycles. The molecule has 0 saturated heterocycles. The zero-order valence-corrected chi connectivity index (χ0v) is 10.1. The normalized spacial score (nSPS) is 12.2. The van der Waals surface area contributed by atoms with E-state index in [2.05, 4.69) is 0 Å². The van der Waals surface area contributed by atoms with Gasteiger partial charge in [-0.2, -0.15) is 0 Å². The summed E-state index contributed by atoms with van der Waals surface area (Å²) in [6.07, 6.45) is -0.389. The Labute approximate surface area is 96.6 Å². The lowest BCUT2D eigenvalue weighted by Crippen LogP contribution is -2.27. The first-order chi connectivity index (χ1) is 7.56. The molecule has 90 valence electrons. The Balaban J connectivity index is 2.91. The molecule has 1 atom stereocenters. The SMILES string of the molecule is CCOc1cccc(N(C)CC(C)O)c1N. The maximum absolute atomic E-state index is 9.33. The first kappa shape index (κ1) is 12.6. The zero-order chi connectivity index (χ0) is 12.1. The number of hydrogen-bond donors (Lipinski definition) is 2. The lowest BCUT2D eigenvalue weighted by molar-refractivity contribution is 0.201. The molecular weight excluding hydrogens is 204 g/mol. The van der Waals surface area contributed by atoms with Gasteiger partial charge in [-0.3, -0.25) is 0 Å². The van der Waals surface area contributed by atoms with Crippen LogP contribution in [0.3, 0.4) is 0 Å². The smallest absolute Gasteiger partial charge is 0.144 e. The third kappa shape index (κ3) is 3.03. The van der Waals surface area contributed by atoms with Gasteiger partial charge in [0.2, 0.25) is 0 Å². The summed E-state index contributed by atoms with van der Waals surface area (Å²) in [5, 5.41) is 9.33. The first-order valence-corrected chi connectivity index (χ1v) is 5.46. The minimum atomic E-state index is -0.389. The van der Waals surface area contributed by atoms with Crippen LogP contribution in [-0.2, 0) is 0 Å². The van der Waals surface area contributed by atoms with E-state index in [1.165, 1.54) is 0 Å². The minimum Gasteiger partial charge on any atom is -0.492 e. The van der Waals surface area contributed by atoms with Crippen LogP contribution in [0.4, 0.5) is 11.4 Å². The molecule has 0 aromatic heterocycles. The maximum Gasteiger partial charge on any atom is 0.144 e. The average Bonchev–Trinajstić information content (AvgIpc) is 2.20. The Hall–Kier alpha value is -1.42. The third-order valence-corrected chi connectivity index (χ3v) is 2.29. The van der Waals surface area contributed by atoms with Crippen LogP contribution in [0.2, 0.25) is 0 Å². The Morgan fingerprint density at radius 3 is 2.75 bits per heavy atom. The fourth-order valence-corrected chi connectivity index (χ4v) is 1.64. The Morgan fingerprint density at radius 1 is 1.50 bits per heavy atom. The molecule has 0 aliphatic heterocycles. The van der Waals surface area contributed by atoms with Crippen LogP contribution in [0.5, 0.6) is 5.75 Å². The number of nitrogens with two attached hydrogens (primary N) is 1. The van der Waals surface area contributed by atoms with Gasteiger partial charge in [0.1, 0.15) is 5.75 Å². The largest absolute Gasteiger partial charge is 0.492 e. The van der Waals surface area contributed by atoms with Crippen molar-refractivity contribution in [1.29, 1.82) is 0 Å². The topological polar surface area (TPSA) is 58.7 Å². The van der Waals surface area contributed by atoms with E-state index in [0.29, 0.717) is 24.6 Å². The molecule has 0 spiro atoms. The number of benzene rings is 1. The first-order valence-electron chi connectivity index (χ1n) is 5.46. The van der Waals surface area contributed by atoms with Crippen molar-refractivity contribution in [3.8, 4) is 5.75 Å². The van der Waals surface area contributed by atoms with Crippen LogP contribution in [0.15, 0.2) is 18.2 Å². The molecule has 0 bridgehead atoms. The van der Waals surface area contributed by atoms with Crippen LogP contribution in [0.1, 0.15) is 13.8 Å². The molecule has 4 heteroatoms. The summed E-state index contributed by atoms with van der Waals surface area (Å²) in [5.41, 5.74) is 7.50. The highest BCUT2D eigenvalue weighted by atomic mass is 16.5. The number of likely N-dealkylation sites (N-methyl/N-ethyl adjacent to an activating group) is 1. The van der Waals surface area contributed by atoms with E-state index in [-0.39, 0.29) is 6.10 Å². The number of anilines is 2. The van der Waals surface area contributed by atoms with Gasteiger partial charge in [0.25, 0.3) is 0 Å². The van der Waals surface area contributed by atoms with Crippen LogP contribution in [0.25, 0.3) is 0 Å². The molecule has 0 fully saturated rings. The molecule has 0 radical (unpaired) electrons. The van der Waals surface area contributed by atoms with Crippen molar-refractivity contribution in [3.63, 3.8) is 0 Å². The fraction of sp³-hybridized carbons (Fsp3) is 0.500. The van der Waals surface area contributed by atoms with E-state index in [9.17, 15) is 5.11 Å². The van der Waals surface area contributed by atoms with Crippen LogP contribution < -0.4 is 15.4 Å². The fourth-order valence-electron chi connectivity index (χ4n) is 1.64. The second-order valence-corrected chi connectivity index (χ2v) is 3.85. The summed E-state index contributed by atoms with van der Waals surface area (Å²) < 4.78 is 5.42. The molecule has 0 aliphatic carbocycles. The number of ether oxygens (including phenoxy) is 1. The van der Waals surface area contributed by atoms with Crippen molar-refractivity contribution in [2.45, 2.75) is 20.0 Å². The summed E-state index contributed by atoms with van der Waals surface area (Å²) in [7, 11) is 1.90. The number of nitrogens with zero attached hydrogens (tertiary/aromatic N) is 1. The summed E-state index contributed by atoms with van der Waals surface area (Å²) in [5.74, 6) is 0.692. The van der Waals surface area contributed by atoms with Gasteiger partial charge in [0.05, 0.1) is 24.1 Å². The van der Waals surface area contributed by atoms with E-state index in [1.807, 2.05) is 37.1 Å². The lowest BCUT2D eigenvalue weighted by atomic mass is 10.2.